The highest BCUT2D eigenvalue weighted by Gasteiger charge is 2.54. The van der Waals surface area contributed by atoms with Crippen molar-refractivity contribution in [2.24, 2.45) is 0 Å². The fourth-order valence-corrected chi connectivity index (χ4v) is 2.45. The summed E-state index contributed by atoms with van der Waals surface area (Å²) < 4.78 is 64.6. The van der Waals surface area contributed by atoms with Crippen molar-refractivity contribution < 1.29 is 40.5 Å². The highest BCUT2D eigenvalue weighted by molar-refractivity contribution is 7.80. The zero-order valence-corrected chi connectivity index (χ0v) is 13.0. The Morgan fingerprint density at radius 3 is 2.52 bits per heavy atom. The SMILES string of the molecule is CCOC(=O)[C@](C)(F)[C@H](OS(=O)(=O)O)[C@H]1COC(C)(C)O1. The van der Waals surface area contributed by atoms with Gasteiger partial charge in [0, 0.05) is 0 Å². The van der Waals surface area contributed by atoms with E-state index in [4.69, 9.17) is 14.0 Å². The highest BCUT2D eigenvalue weighted by atomic mass is 32.3. The first kappa shape index (κ1) is 18.2. The number of hydrogen-bond acceptors (Lipinski definition) is 7. The second-order valence-electron chi connectivity index (χ2n) is 5.11. The molecule has 1 heterocycles. The zero-order chi connectivity index (χ0) is 16.5. The van der Waals surface area contributed by atoms with Crippen LogP contribution in [0.4, 0.5) is 4.39 Å². The summed E-state index contributed by atoms with van der Waals surface area (Å²) in [5.41, 5.74) is -2.86. The van der Waals surface area contributed by atoms with E-state index in [1.165, 1.54) is 20.8 Å². The van der Waals surface area contributed by atoms with Crippen LogP contribution in [-0.2, 0) is 33.6 Å². The first-order valence-electron chi connectivity index (χ1n) is 6.22. The van der Waals surface area contributed by atoms with Gasteiger partial charge in [-0.15, -0.1) is 0 Å². The van der Waals surface area contributed by atoms with Crippen LogP contribution in [0.5, 0.6) is 0 Å². The summed E-state index contributed by atoms with van der Waals surface area (Å²) in [6.45, 7) is 4.98. The number of hydrogen-bond donors (Lipinski definition) is 1. The molecule has 0 aromatic rings. The minimum absolute atomic E-state index is 0.107. The lowest BCUT2D eigenvalue weighted by atomic mass is 9.97. The predicted octanol–water partition coefficient (Wildman–Crippen LogP) is 0.617. The molecular weight excluding hydrogens is 311 g/mol. The Labute approximate surface area is 122 Å². The average molecular weight is 330 g/mol. The van der Waals surface area contributed by atoms with Gasteiger partial charge in [-0.3, -0.25) is 4.55 Å². The largest absolute Gasteiger partial charge is 0.464 e. The van der Waals surface area contributed by atoms with Gasteiger partial charge >= 0.3 is 16.4 Å². The Bertz CT molecular complexity index is 486. The smallest absolute Gasteiger partial charge is 0.397 e. The van der Waals surface area contributed by atoms with E-state index in [1.807, 2.05) is 0 Å². The van der Waals surface area contributed by atoms with Crippen molar-refractivity contribution in [3.05, 3.63) is 0 Å². The number of carbonyl (C=O) groups is 1. The number of ether oxygens (including phenoxy) is 3. The topological polar surface area (TPSA) is 108 Å². The molecule has 1 aliphatic rings. The molecule has 0 amide bonds. The van der Waals surface area contributed by atoms with E-state index in [0.717, 1.165) is 6.92 Å². The molecule has 1 rings (SSSR count). The Kier molecular flexibility index (Phi) is 5.32. The standard InChI is InChI=1S/C11H19FO8S/c1-5-17-9(13)11(4,12)8(20-21(14,15)16)7-6-18-10(2,3)19-7/h7-8H,5-6H2,1-4H3,(H,14,15,16)/t7-,8-,11-/m1/s1. The van der Waals surface area contributed by atoms with Crippen LogP contribution in [0.15, 0.2) is 0 Å². The third-order valence-corrected chi connectivity index (χ3v) is 3.25. The van der Waals surface area contributed by atoms with Crippen LogP contribution in [0, 0.1) is 0 Å². The van der Waals surface area contributed by atoms with Crippen LogP contribution in [0.2, 0.25) is 0 Å². The molecule has 0 aliphatic carbocycles. The van der Waals surface area contributed by atoms with Gasteiger partial charge < -0.3 is 14.2 Å². The number of rotatable bonds is 6. The Hall–Kier alpha value is -0.810. The van der Waals surface area contributed by atoms with Gasteiger partial charge in [0.2, 0.25) is 5.67 Å². The molecule has 0 radical (unpaired) electrons. The number of alkyl halides is 1. The van der Waals surface area contributed by atoms with E-state index in [2.05, 4.69) is 8.92 Å². The number of esters is 1. The predicted molar refractivity (Wildman–Crippen MR) is 67.5 cm³/mol. The summed E-state index contributed by atoms with van der Waals surface area (Å²) >= 11 is 0. The van der Waals surface area contributed by atoms with Crippen molar-refractivity contribution in [3.63, 3.8) is 0 Å². The minimum atomic E-state index is -5.01. The van der Waals surface area contributed by atoms with E-state index >= 15 is 0 Å². The van der Waals surface area contributed by atoms with Crippen LogP contribution in [-0.4, -0.2) is 55.8 Å². The van der Waals surface area contributed by atoms with Gasteiger partial charge in [-0.1, -0.05) is 0 Å². The summed E-state index contributed by atoms with van der Waals surface area (Å²) in [7, 11) is -5.01. The molecule has 124 valence electrons. The van der Waals surface area contributed by atoms with Crippen LogP contribution >= 0.6 is 0 Å². The highest BCUT2D eigenvalue weighted by Crippen LogP contribution is 2.33. The third kappa shape index (κ3) is 4.85. The first-order chi connectivity index (χ1) is 9.39. The van der Waals surface area contributed by atoms with Crippen molar-refractivity contribution in [3.8, 4) is 0 Å². The fourth-order valence-electron chi connectivity index (χ4n) is 1.89. The van der Waals surface area contributed by atoms with Gasteiger partial charge in [-0.25, -0.2) is 13.4 Å². The van der Waals surface area contributed by atoms with Gasteiger partial charge in [0.1, 0.15) is 6.10 Å². The molecule has 0 aromatic heterocycles. The molecule has 1 fully saturated rings. The van der Waals surface area contributed by atoms with Crippen LogP contribution in [0.1, 0.15) is 27.7 Å². The molecule has 0 spiro atoms. The maximum Gasteiger partial charge on any atom is 0.397 e. The fraction of sp³-hybridized carbons (Fsp3) is 0.909. The molecule has 0 aromatic carbocycles. The molecule has 8 nitrogen and oxygen atoms in total. The molecule has 3 atom stereocenters. The molecule has 0 saturated carbocycles. The van der Waals surface area contributed by atoms with E-state index < -0.39 is 40.0 Å². The maximum absolute atomic E-state index is 14.7. The minimum Gasteiger partial charge on any atom is -0.464 e. The summed E-state index contributed by atoms with van der Waals surface area (Å²) in [4.78, 5) is 11.7. The summed E-state index contributed by atoms with van der Waals surface area (Å²) in [5.74, 6) is -2.43. The molecule has 10 heteroatoms. The number of carbonyl (C=O) groups excluding carboxylic acids is 1. The lowest BCUT2D eigenvalue weighted by molar-refractivity contribution is -0.179. The Balaban J connectivity index is 3.05. The molecule has 1 aliphatic heterocycles. The summed E-state index contributed by atoms with van der Waals surface area (Å²) in [6, 6.07) is 0. The van der Waals surface area contributed by atoms with E-state index in [-0.39, 0.29) is 13.2 Å². The second kappa shape index (κ2) is 6.13. The van der Waals surface area contributed by atoms with Crippen LogP contribution in [0.25, 0.3) is 0 Å². The van der Waals surface area contributed by atoms with E-state index in [1.54, 1.807) is 0 Å². The van der Waals surface area contributed by atoms with Crippen LogP contribution in [0.3, 0.4) is 0 Å². The van der Waals surface area contributed by atoms with E-state index in [9.17, 15) is 17.6 Å². The lowest BCUT2D eigenvalue weighted by Gasteiger charge is -2.30. The van der Waals surface area contributed by atoms with Crippen molar-refractivity contribution in [1.82, 2.24) is 0 Å². The first-order valence-corrected chi connectivity index (χ1v) is 7.59. The van der Waals surface area contributed by atoms with Gasteiger partial charge in [0.05, 0.1) is 13.2 Å². The maximum atomic E-state index is 14.7. The second-order valence-corrected chi connectivity index (χ2v) is 6.16. The molecule has 1 N–H and O–H groups in total. The number of halogens is 1. The van der Waals surface area contributed by atoms with Crippen molar-refractivity contribution >= 4 is 16.4 Å². The normalized spacial score (nSPS) is 26.1. The molecular formula is C11H19FO8S. The van der Waals surface area contributed by atoms with E-state index in [0.29, 0.717) is 0 Å². The monoisotopic (exact) mass is 330 g/mol. The van der Waals surface area contributed by atoms with Gasteiger partial charge in [-0.2, -0.15) is 8.42 Å². The molecule has 0 bridgehead atoms. The Morgan fingerprint density at radius 1 is 1.57 bits per heavy atom. The lowest BCUT2D eigenvalue weighted by Crippen LogP contribution is -2.53. The van der Waals surface area contributed by atoms with Gasteiger partial charge in [-0.05, 0) is 27.7 Å². The van der Waals surface area contributed by atoms with Crippen molar-refractivity contribution in [1.29, 1.82) is 0 Å². The average Bonchev–Trinajstić information content (AvgIpc) is 2.65. The summed E-state index contributed by atoms with van der Waals surface area (Å²) in [5, 5.41) is 0. The summed E-state index contributed by atoms with van der Waals surface area (Å²) in [6.07, 6.45) is -3.17. The third-order valence-electron chi connectivity index (χ3n) is 2.80. The van der Waals surface area contributed by atoms with Gasteiger partial charge in [0.25, 0.3) is 0 Å². The van der Waals surface area contributed by atoms with Gasteiger partial charge in [0.15, 0.2) is 11.9 Å². The molecule has 1 saturated heterocycles. The molecule has 0 unspecified atom stereocenters. The quantitative estimate of drug-likeness (QED) is 0.557. The zero-order valence-electron chi connectivity index (χ0n) is 12.2. The van der Waals surface area contributed by atoms with Crippen molar-refractivity contribution in [2.75, 3.05) is 13.2 Å². The van der Waals surface area contributed by atoms with Crippen LogP contribution < -0.4 is 0 Å². The molecule has 21 heavy (non-hydrogen) atoms. The Morgan fingerprint density at radius 2 is 2.14 bits per heavy atom. The van der Waals surface area contributed by atoms with Crippen molar-refractivity contribution in [2.45, 2.75) is 51.4 Å².